The molecule has 15 heavy (non-hydrogen) atoms. The van der Waals surface area contributed by atoms with Crippen LogP contribution in [-0.2, 0) is 16.8 Å². The first-order valence-electron chi connectivity index (χ1n) is 5.11. The molecule has 82 valence electrons. The zero-order valence-electron chi connectivity index (χ0n) is 9.12. The highest BCUT2D eigenvalue weighted by atomic mass is 16.5. The van der Waals surface area contributed by atoms with E-state index >= 15 is 0 Å². The van der Waals surface area contributed by atoms with Crippen LogP contribution in [0.5, 0.6) is 5.75 Å². The number of fused-ring (bicyclic) bond motifs is 1. The topological polar surface area (TPSA) is 38.7 Å². The maximum atomic E-state index is 10.2. The molecule has 3 heteroatoms. The lowest BCUT2D eigenvalue weighted by molar-refractivity contribution is -0.0222. The molecule has 0 bridgehead atoms. The van der Waals surface area contributed by atoms with Crippen molar-refractivity contribution in [1.29, 1.82) is 0 Å². The van der Waals surface area contributed by atoms with Gasteiger partial charge >= 0.3 is 0 Å². The molecule has 1 aromatic rings. The third-order valence-corrected chi connectivity index (χ3v) is 2.72. The summed E-state index contributed by atoms with van der Waals surface area (Å²) >= 11 is 0. The lowest BCUT2D eigenvalue weighted by Crippen LogP contribution is -2.27. The highest BCUT2D eigenvalue weighted by Gasteiger charge is 2.29. The average Bonchev–Trinajstić information content (AvgIpc) is 2.64. The van der Waals surface area contributed by atoms with E-state index in [1.165, 1.54) is 5.56 Å². The molecule has 1 atom stereocenters. The second kappa shape index (κ2) is 3.83. The summed E-state index contributed by atoms with van der Waals surface area (Å²) in [6, 6.07) is 5.88. The van der Waals surface area contributed by atoms with E-state index in [0.29, 0.717) is 6.61 Å². The fourth-order valence-corrected chi connectivity index (χ4v) is 2.00. The molecule has 1 N–H and O–H groups in total. The van der Waals surface area contributed by atoms with Gasteiger partial charge in [0.2, 0.25) is 0 Å². The minimum absolute atomic E-state index is 0.271. The Morgan fingerprint density at radius 2 is 2.33 bits per heavy atom. The Morgan fingerprint density at radius 1 is 1.53 bits per heavy atom. The standard InChI is InChI=1S/C12H16O3/c1-12(13,8-14-2)10-5-3-4-9-6-7-15-11(9)10/h3-5,13H,6-8H2,1-2H3. The molecule has 0 saturated carbocycles. The zero-order chi connectivity index (χ0) is 10.9. The van der Waals surface area contributed by atoms with E-state index < -0.39 is 5.60 Å². The maximum Gasteiger partial charge on any atom is 0.128 e. The average molecular weight is 208 g/mol. The molecule has 0 aliphatic carbocycles. The molecule has 1 unspecified atom stereocenters. The van der Waals surface area contributed by atoms with Crippen LogP contribution in [0.2, 0.25) is 0 Å². The fourth-order valence-electron chi connectivity index (χ4n) is 2.00. The molecule has 0 saturated heterocycles. The summed E-state index contributed by atoms with van der Waals surface area (Å²) in [6.45, 7) is 2.72. The van der Waals surface area contributed by atoms with Gasteiger partial charge in [0.1, 0.15) is 11.4 Å². The van der Waals surface area contributed by atoms with E-state index in [0.717, 1.165) is 17.7 Å². The monoisotopic (exact) mass is 208 g/mol. The Kier molecular flexibility index (Phi) is 2.67. The molecule has 3 nitrogen and oxygen atoms in total. The van der Waals surface area contributed by atoms with Gasteiger partial charge in [-0.3, -0.25) is 0 Å². The Balaban J connectivity index is 2.40. The number of para-hydroxylation sites is 1. The van der Waals surface area contributed by atoms with Crippen molar-refractivity contribution in [3.05, 3.63) is 29.3 Å². The number of aliphatic hydroxyl groups is 1. The maximum absolute atomic E-state index is 10.2. The van der Waals surface area contributed by atoms with Crippen LogP contribution in [0, 0.1) is 0 Å². The quantitative estimate of drug-likeness (QED) is 0.817. The van der Waals surface area contributed by atoms with Gasteiger partial charge in [-0.2, -0.15) is 0 Å². The first-order chi connectivity index (χ1) is 7.15. The Hall–Kier alpha value is -1.06. The van der Waals surface area contributed by atoms with Gasteiger partial charge in [-0.25, -0.2) is 0 Å². The van der Waals surface area contributed by atoms with Gasteiger partial charge < -0.3 is 14.6 Å². The van der Waals surface area contributed by atoms with Crippen LogP contribution in [0.25, 0.3) is 0 Å². The van der Waals surface area contributed by atoms with Gasteiger partial charge in [-0.15, -0.1) is 0 Å². The van der Waals surface area contributed by atoms with Gasteiger partial charge in [0.15, 0.2) is 0 Å². The fraction of sp³-hybridized carbons (Fsp3) is 0.500. The van der Waals surface area contributed by atoms with Crippen LogP contribution < -0.4 is 4.74 Å². The van der Waals surface area contributed by atoms with E-state index in [1.54, 1.807) is 14.0 Å². The molecular weight excluding hydrogens is 192 g/mol. The first-order valence-corrected chi connectivity index (χ1v) is 5.11. The minimum Gasteiger partial charge on any atom is -0.493 e. The summed E-state index contributed by atoms with van der Waals surface area (Å²) in [7, 11) is 1.58. The van der Waals surface area contributed by atoms with Gasteiger partial charge in [-0.1, -0.05) is 18.2 Å². The molecular formula is C12H16O3. The Bertz CT molecular complexity index is 358. The van der Waals surface area contributed by atoms with Crippen LogP contribution in [0.15, 0.2) is 18.2 Å². The molecule has 0 radical (unpaired) electrons. The molecule has 0 fully saturated rings. The smallest absolute Gasteiger partial charge is 0.128 e. The lowest BCUT2D eigenvalue weighted by atomic mass is 9.94. The van der Waals surface area contributed by atoms with Crippen LogP contribution in [0.3, 0.4) is 0 Å². The largest absolute Gasteiger partial charge is 0.493 e. The zero-order valence-corrected chi connectivity index (χ0v) is 9.12. The third kappa shape index (κ3) is 1.85. The Morgan fingerprint density at radius 3 is 3.07 bits per heavy atom. The normalized spacial score (nSPS) is 18.1. The second-order valence-electron chi connectivity index (χ2n) is 4.10. The molecule has 0 aromatic heterocycles. The summed E-state index contributed by atoms with van der Waals surface area (Å²) in [4.78, 5) is 0. The predicted octanol–water partition coefficient (Wildman–Crippen LogP) is 1.48. The van der Waals surface area contributed by atoms with E-state index in [9.17, 15) is 5.11 Å². The van der Waals surface area contributed by atoms with Crippen molar-refractivity contribution in [2.45, 2.75) is 18.9 Å². The SMILES string of the molecule is COCC(C)(O)c1cccc2c1OCC2. The summed E-state index contributed by atoms with van der Waals surface area (Å²) in [5.41, 5.74) is 1.01. The molecule has 1 aliphatic rings. The Labute approximate surface area is 89.6 Å². The van der Waals surface area contributed by atoms with E-state index in [2.05, 4.69) is 0 Å². The van der Waals surface area contributed by atoms with Crippen molar-refractivity contribution in [3.8, 4) is 5.75 Å². The first kappa shape index (κ1) is 10.5. The van der Waals surface area contributed by atoms with Gasteiger partial charge in [-0.05, 0) is 12.5 Å². The minimum atomic E-state index is -0.982. The number of methoxy groups -OCH3 is 1. The van der Waals surface area contributed by atoms with Crippen LogP contribution in [-0.4, -0.2) is 25.4 Å². The van der Waals surface area contributed by atoms with Gasteiger partial charge in [0.25, 0.3) is 0 Å². The molecule has 2 rings (SSSR count). The number of hydrogen-bond acceptors (Lipinski definition) is 3. The van der Waals surface area contributed by atoms with Gasteiger partial charge in [0, 0.05) is 19.1 Å². The van der Waals surface area contributed by atoms with Crippen molar-refractivity contribution < 1.29 is 14.6 Å². The van der Waals surface area contributed by atoms with Gasteiger partial charge in [0.05, 0.1) is 13.2 Å². The molecule has 1 aromatic carbocycles. The van der Waals surface area contributed by atoms with Crippen LogP contribution in [0.1, 0.15) is 18.1 Å². The van der Waals surface area contributed by atoms with Crippen molar-refractivity contribution >= 4 is 0 Å². The summed E-state index contributed by atoms with van der Waals surface area (Å²) < 4.78 is 10.6. The van der Waals surface area contributed by atoms with Crippen LogP contribution in [0.4, 0.5) is 0 Å². The molecule has 0 spiro atoms. The van der Waals surface area contributed by atoms with E-state index in [-0.39, 0.29) is 6.61 Å². The lowest BCUT2D eigenvalue weighted by Gasteiger charge is -2.24. The summed E-state index contributed by atoms with van der Waals surface area (Å²) in [6.07, 6.45) is 0.923. The highest BCUT2D eigenvalue weighted by Crippen LogP contribution is 2.36. The van der Waals surface area contributed by atoms with E-state index in [1.807, 2.05) is 18.2 Å². The summed E-state index contributed by atoms with van der Waals surface area (Å²) in [5.74, 6) is 0.833. The number of hydrogen-bond donors (Lipinski definition) is 1. The predicted molar refractivity (Wildman–Crippen MR) is 57.1 cm³/mol. The number of rotatable bonds is 3. The highest BCUT2D eigenvalue weighted by molar-refractivity contribution is 5.46. The molecule has 0 amide bonds. The van der Waals surface area contributed by atoms with Crippen molar-refractivity contribution in [1.82, 2.24) is 0 Å². The third-order valence-electron chi connectivity index (χ3n) is 2.72. The van der Waals surface area contributed by atoms with Crippen LogP contribution >= 0.6 is 0 Å². The number of benzene rings is 1. The van der Waals surface area contributed by atoms with Crippen molar-refractivity contribution in [2.24, 2.45) is 0 Å². The summed E-state index contributed by atoms with van der Waals surface area (Å²) in [5, 5.41) is 10.2. The molecule has 1 aliphatic heterocycles. The second-order valence-corrected chi connectivity index (χ2v) is 4.10. The van der Waals surface area contributed by atoms with E-state index in [4.69, 9.17) is 9.47 Å². The van der Waals surface area contributed by atoms with Crippen molar-refractivity contribution in [3.63, 3.8) is 0 Å². The van der Waals surface area contributed by atoms with Crippen molar-refractivity contribution in [2.75, 3.05) is 20.3 Å². The number of ether oxygens (including phenoxy) is 2. The molecule has 1 heterocycles.